The molecule has 0 aliphatic rings. The molecular formula is C12H16N2O2S. The molecule has 4 nitrogen and oxygen atoms in total. The van der Waals surface area contributed by atoms with Gasteiger partial charge in [0.1, 0.15) is 18.4 Å². The molecule has 17 heavy (non-hydrogen) atoms. The quantitative estimate of drug-likeness (QED) is 0.402. The van der Waals surface area contributed by atoms with Gasteiger partial charge in [-0.2, -0.15) is 0 Å². The van der Waals surface area contributed by atoms with Crippen LogP contribution in [0.5, 0.6) is 5.75 Å². The Hall–Kier alpha value is -1.25. The van der Waals surface area contributed by atoms with Crippen molar-refractivity contribution in [1.29, 1.82) is 0 Å². The first kappa shape index (κ1) is 13.8. The number of thioether (sulfide) groups is 1. The fourth-order valence-corrected chi connectivity index (χ4v) is 1.82. The van der Waals surface area contributed by atoms with Gasteiger partial charge in [0.15, 0.2) is 5.75 Å². The molecule has 0 saturated carbocycles. The summed E-state index contributed by atoms with van der Waals surface area (Å²) in [5, 5.41) is 0. The molecular weight excluding hydrogens is 236 g/mol. The standard InChI is InChI=1S/C12H16N2O2S/c1-3-6-15-7-4-5-12(17-2)16-11-8-13-10-14-9-11/h1,8-10,12H,4-7H2,2H3. The van der Waals surface area contributed by atoms with Gasteiger partial charge in [-0.05, 0) is 19.1 Å². The molecule has 1 aromatic rings. The molecule has 92 valence electrons. The predicted molar refractivity (Wildman–Crippen MR) is 68.8 cm³/mol. The molecule has 1 heterocycles. The molecule has 0 N–H and O–H groups in total. The number of hydrogen-bond donors (Lipinski definition) is 0. The van der Waals surface area contributed by atoms with Crippen molar-refractivity contribution in [3.63, 3.8) is 0 Å². The highest BCUT2D eigenvalue weighted by molar-refractivity contribution is 7.99. The lowest BCUT2D eigenvalue weighted by molar-refractivity contribution is 0.153. The molecule has 0 amide bonds. The van der Waals surface area contributed by atoms with E-state index < -0.39 is 0 Å². The molecule has 0 aliphatic carbocycles. The molecule has 0 saturated heterocycles. The average molecular weight is 252 g/mol. The van der Waals surface area contributed by atoms with Crippen molar-refractivity contribution < 1.29 is 9.47 Å². The largest absolute Gasteiger partial charge is 0.477 e. The van der Waals surface area contributed by atoms with Crippen LogP contribution in [0.15, 0.2) is 18.7 Å². The van der Waals surface area contributed by atoms with Crippen molar-refractivity contribution in [2.24, 2.45) is 0 Å². The van der Waals surface area contributed by atoms with E-state index in [9.17, 15) is 0 Å². The van der Waals surface area contributed by atoms with E-state index in [0.29, 0.717) is 19.0 Å². The second-order valence-electron chi connectivity index (χ2n) is 3.26. The van der Waals surface area contributed by atoms with Crippen LogP contribution < -0.4 is 4.74 Å². The molecule has 1 unspecified atom stereocenters. The van der Waals surface area contributed by atoms with Crippen molar-refractivity contribution >= 4 is 11.8 Å². The van der Waals surface area contributed by atoms with E-state index in [2.05, 4.69) is 15.9 Å². The minimum atomic E-state index is 0.0930. The minimum absolute atomic E-state index is 0.0930. The van der Waals surface area contributed by atoms with Crippen molar-refractivity contribution in [3.8, 4) is 18.1 Å². The van der Waals surface area contributed by atoms with Gasteiger partial charge in [0, 0.05) is 6.61 Å². The highest BCUT2D eigenvalue weighted by Gasteiger charge is 2.08. The lowest BCUT2D eigenvalue weighted by Crippen LogP contribution is -2.13. The highest BCUT2D eigenvalue weighted by Crippen LogP contribution is 2.18. The SMILES string of the molecule is C#CCOCCCC(Oc1cncnc1)SC. The maximum atomic E-state index is 5.71. The van der Waals surface area contributed by atoms with Gasteiger partial charge in [-0.25, -0.2) is 9.97 Å². The zero-order valence-corrected chi connectivity index (χ0v) is 10.7. The Morgan fingerprint density at radius 1 is 1.47 bits per heavy atom. The van der Waals surface area contributed by atoms with Gasteiger partial charge < -0.3 is 9.47 Å². The molecule has 1 aromatic heterocycles. The molecule has 1 atom stereocenters. The topological polar surface area (TPSA) is 44.2 Å². The summed E-state index contributed by atoms with van der Waals surface area (Å²) < 4.78 is 10.9. The van der Waals surface area contributed by atoms with Crippen molar-refractivity contribution in [1.82, 2.24) is 9.97 Å². The first-order valence-corrected chi connectivity index (χ1v) is 6.61. The van der Waals surface area contributed by atoms with Crippen LogP contribution >= 0.6 is 11.8 Å². The lowest BCUT2D eigenvalue weighted by atomic mass is 10.3. The first-order chi connectivity index (χ1) is 8.36. The zero-order chi connectivity index (χ0) is 12.3. The molecule has 1 rings (SSSR count). The Kier molecular flexibility index (Phi) is 7.19. The Morgan fingerprint density at radius 2 is 2.24 bits per heavy atom. The fraction of sp³-hybridized carbons (Fsp3) is 0.500. The van der Waals surface area contributed by atoms with Crippen LogP contribution in [-0.4, -0.2) is 34.9 Å². The first-order valence-electron chi connectivity index (χ1n) is 5.32. The maximum absolute atomic E-state index is 5.71. The molecule has 0 radical (unpaired) electrons. The summed E-state index contributed by atoms with van der Waals surface area (Å²) in [6.07, 6.45) is 13.7. The van der Waals surface area contributed by atoms with Gasteiger partial charge >= 0.3 is 0 Å². The van der Waals surface area contributed by atoms with E-state index in [-0.39, 0.29) is 5.44 Å². The molecule has 0 bridgehead atoms. The van der Waals surface area contributed by atoms with Crippen molar-refractivity contribution in [2.75, 3.05) is 19.5 Å². The second kappa shape index (κ2) is 8.85. The van der Waals surface area contributed by atoms with Crippen LogP contribution in [0.2, 0.25) is 0 Å². The molecule has 0 spiro atoms. The van der Waals surface area contributed by atoms with Gasteiger partial charge in [0.05, 0.1) is 12.4 Å². The summed E-state index contributed by atoms with van der Waals surface area (Å²) in [6.45, 7) is 1.03. The molecule has 0 aromatic carbocycles. The van der Waals surface area contributed by atoms with Gasteiger partial charge in [0.2, 0.25) is 0 Å². The summed E-state index contributed by atoms with van der Waals surface area (Å²) in [4.78, 5) is 7.80. The predicted octanol–water partition coefficient (Wildman–Crippen LogP) is 1.97. The van der Waals surface area contributed by atoms with Crippen LogP contribution in [-0.2, 0) is 4.74 Å². The Balaban J connectivity index is 2.22. The van der Waals surface area contributed by atoms with E-state index in [1.54, 1.807) is 24.2 Å². The number of terminal acetylenes is 1. The number of rotatable bonds is 8. The summed E-state index contributed by atoms with van der Waals surface area (Å²) in [5.41, 5.74) is 0.0930. The number of ether oxygens (including phenoxy) is 2. The molecule has 0 aliphatic heterocycles. The van der Waals surface area contributed by atoms with Crippen LogP contribution in [0.25, 0.3) is 0 Å². The monoisotopic (exact) mass is 252 g/mol. The fourth-order valence-electron chi connectivity index (χ4n) is 1.21. The maximum Gasteiger partial charge on any atom is 0.157 e. The Morgan fingerprint density at radius 3 is 2.88 bits per heavy atom. The van der Waals surface area contributed by atoms with Gasteiger partial charge in [-0.15, -0.1) is 18.2 Å². The van der Waals surface area contributed by atoms with E-state index in [1.165, 1.54) is 6.33 Å². The third-order valence-electron chi connectivity index (χ3n) is 1.98. The van der Waals surface area contributed by atoms with Crippen LogP contribution in [0.3, 0.4) is 0 Å². The van der Waals surface area contributed by atoms with Crippen LogP contribution in [0.1, 0.15) is 12.8 Å². The van der Waals surface area contributed by atoms with Crippen LogP contribution in [0.4, 0.5) is 0 Å². The lowest BCUT2D eigenvalue weighted by Gasteiger charge is -2.16. The molecule has 5 heteroatoms. The zero-order valence-electron chi connectivity index (χ0n) is 9.83. The summed E-state index contributed by atoms with van der Waals surface area (Å²) in [7, 11) is 0. The van der Waals surface area contributed by atoms with E-state index in [0.717, 1.165) is 12.8 Å². The summed E-state index contributed by atoms with van der Waals surface area (Å²) >= 11 is 1.65. The third kappa shape index (κ3) is 6.15. The van der Waals surface area contributed by atoms with E-state index >= 15 is 0 Å². The number of nitrogens with zero attached hydrogens (tertiary/aromatic N) is 2. The second-order valence-corrected chi connectivity index (χ2v) is 4.25. The average Bonchev–Trinajstić information content (AvgIpc) is 2.38. The van der Waals surface area contributed by atoms with E-state index in [1.807, 2.05) is 6.26 Å². The van der Waals surface area contributed by atoms with Gasteiger partial charge in [-0.3, -0.25) is 0 Å². The van der Waals surface area contributed by atoms with Gasteiger partial charge in [-0.1, -0.05) is 5.92 Å². The summed E-state index contributed by atoms with van der Waals surface area (Å²) in [6, 6.07) is 0. The smallest absolute Gasteiger partial charge is 0.157 e. The van der Waals surface area contributed by atoms with Crippen molar-refractivity contribution in [3.05, 3.63) is 18.7 Å². The molecule has 0 fully saturated rings. The van der Waals surface area contributed by atoms with Crippen molar-refractivity contribution in [2.45, 2.75) is 18.3 Å². The Labute approximate surface area is 106 Å². The minimum Gasteiger partial charge on any atom is -0.477 e. The van der Waals surface area contributed by atoms with E-state index in [4.69, 9.17) is 15.9 Å². The highest BCUT2D eigenvalue weighted by atomic mass is 32.2. The number of aromatic nitrogens is 2. The third-order valence-corrected chi connectivity index (χ3v) is 2.84. The van der Waals surface area contributed by atoms with Gasteiger partial charge in [0.25, 0.3) is 0 Å². The number of hydrogen-bond acceptors (Lipinski definition) is 5. The Bertz CT molecular complexity index is 340. The normalized spacial score (nSPS) is 11.8. The summed E-state index contributed by atoms with van der Waals surface area (Å²) in [5.74, 6) is 3.13. The van der Waals surface area contributed by atoms with Crippen LogP contribution in [0, 0.1) is 12.3 Å².